The maximum absolute atomic E-state index is 2.49. The first kappa shape index (κ1) is 9.82. The van der Waals surface area contributed by atoms with Gasteiger partial charge in [0, 0.05) is 21.1 Å². The lowest BCUT2D eigenvalue weighted by molar-refractivity contribution is 0.234. The SMILES string of the molecule is CC12CCC(c3ssssc31)C2(C)C. The summed E-state index contributed by atoms with van der Waals surface area (Å²) in [7, 11) is 7.97. The molecule has 1 heterocycles. The van der Waals surface area contributed by atoms with E-state index in [1.807, 2.05) is 39.4 Å². The van der Waals surface area contributed by atoms with Crippen LogP contribution in [0.5, 0.6) is 0 Å². The van der Waals surface area contributed by atoms with Gasteiger partial charge in [0.1, 0.15) is 0 Å². The Bertz CT molecular complexity index is 401. The van der Waals surface area contributed by atoms with Gasteiger partial charge in [-0.15, -0.1) is 0 Å². The zero-order valence-corrected chi connectivity index (χ0v) is 11.9. The Balaban J connectivity index is 2.31. The Labute approximate surface area is 99.1 Å². The maximum atomic E-state index is 2.49. The van der Waals surface area contributed by atoms with Crippen molar-refractivity contribution in [2.45, 2.75) is 44.9 Å². The molecule has 4 heteroatoms. The molecule has 0 aliphatic heterocycles. The molecule has 0 aromatic carbocycles. The van der Waals surface area contributed by atoms with Crippen LogP contribution < -0.4 is 0 Å². The predicted octanol–water partition coefficient (Wildman–Crippen LogP) is 5.23. The number of hydrogen-bond acceptors (Lipinski definition) is 4. The van der Waals surface area contributed by atoms with Crippen molar-refractivity contribution in [1.29, 1.82) is 0 Å². The molecule has 2 aliphatic rings. The third-order valence-electron chi connectivity index (χ3n) is 4.54. The summed E-state index contributed by atoms with van der Waals surface area (Å²) in [6.07, 6.45) is 2.82. The van der Waals surface area contributed by atoms with Crippen LogP contribution in [0, 0.1) is 5.41 Å². The normalized spacial score (nSPS) is 37.2. The van der Waals surface area contributed by atoms with Gasteiger partial charge in [-0.3, -0.25) is 0 Å². The summed E-state index contributed by atoms with van der Waals surface area (Å²) in [5.41, 5.74) is 0.988. The summed E-state index contributed by atoms with van der Waals surface area (Å²) in [6, 6.07) is 0. The molecule has 0 N–H and O–H groups in total. The molecule has 2 bridgehead atoms. The van der Waals surface area contributed by atoms with Crippen molar-refractivity contribution in [3.05, 3.63) is 9.75 Å². The summed E-state index contributed by atoms with van der Waals surface area (Å²) in [4.78, 5) is 3.44. The number of fused-ring (bicyclic) bond motifs is 5. The Morgan fingerprint density at radius 3 is 2.57 bits per heavy atom. The monoisotopic (exact) mass is 262 g/mol. The molecule has 0 spiro atoms. The van der Waals surface area contributed by atoms with Gasteiger partial charge in [-0.25, -0.2) is 0 Å². The predicted molar refractivity (Wildman–Crippen MR) is 68.7 cm³/mol. The van der Waals surface area contributed by atoms with Gasteiger partial charge >= 0.3 is 0 Å². The van der Waals surface area contributed by atoms with Gasteiger partial charge in [0.25, 0.3) is 0 Å². The molecule has 0 radical (unpaired) electrons. The molecule has 2 aliphatic carbocycles. The summed E-state index contributed by atoms with van der Waals surface area (Å²) in [5.74, 6) is 0.855. The first-order chi connectivity index (χ1) is 6.57. The first-order valence-electron chi connectivity index (χ1n) is 5.00. The fourth-order valence-electron chi connectivity index (χ4n) is 3.12. The molecule has 78 valence electrons. The van der Waals surface area contributed by atoms with Crippen molar-refractivity contribution in [2.75, 3.05) is 0 Å². The minimum absolute atomic E-state index is 0.485. The Morgan fingerprint density at radius 2 is 1.86 bits per heavy atom. The van der Waals surface area contributed by atoms with E-state index in [4.69, 9.17) is 0 Å². The van der Waals surface area contributed by atoms with Gasteiger partial charge < -0.3 is 0 Å². The maximum Gasteiger partial charge on any atom is 0.0367 e. The van der Waals surface area contributed by atoms with Crippen LogP contribution in [0.25, 0.3) is 0 Å². The molecule has 14 heavy (non-hydrogen) atoms. The molecule has 2 unspecified atom stereocenters. The zero-order valence-electron chi connectivity index (χ0n) is 8.62. The highest BCUT2D eigenvalue weighted by atomic mass is 33.4. The molecule has 0 saturated heterocycles. The second kappa shape index (κ2) is 2.84. The average Bonchev–Trinajstić information content (AvgIpc) is 2.49. The van der Waals surface area contributed by atoms with E-state index in [1.54, 1.807) is 9.75 Å². The summed E-state index contributed by atoms with van der Waals surface area (Å²) in [5, 5.41) is 0. The highest BCUT2D eigenvalue weighted by Gasteiger charge is 2.60. The Morgan fingerprint density at radius 1 is 1.14 bits per heavy atom. The van der Waals surface area contributed by atoms with Crippen molar-refractivity contribution in [1.82, 2.24) is 0 Å². The lowest BCUT2D eigenvalue weighted by Gasteiger charge is -2.34. The van der Waals surface area contributed by atoms with E-state index >= 15 is 0 Å². The zero-order chi connectivity index (χ0) is 9.97. The van der Waals surface area contributed by atoms with Crippen molar-refractivity contribution in [3.63, 3.8) is 0 Å². The average molecular weight is 262 g/mol. The largest absolute Gasteiger partial charge is 0.0721 e. The van der Waals surface area contributed by atoms with E-state index in [0.29, 0.717) is 10.8 Å². The second-order valence-corrected chi connectivity index (χ2v) is 10.9. The van der Waals surface area contributed by atoms with E-state index in [0.717, 1.165) is 5.92 Å². The van der Waals surface area contributed by atoms with Crippen LogP contribution >= 0.6 is 39.4 Å². The Kier molecular flexibility index (Phi) is 1.99. The summed E-state index contributed by atoms with van der Waals surface area (Å²) in [6.45, 7) is 7.43. The molecule has 2 atom stereocenters. The Hall–Kier alpha value is 0.620. The van der Waals surface area contributed by atoms with Crippen LogP contribution in [-0.2, 0) is 5.41 Å². The van der Waals surface area contributed by atoms with Crippen LogP contribution in [0.3, 0.4) is 0 Å². The van der Waals surface area contributed by atoms with Crippen molar-refractivity contribution in [2.24, 2.45) is 5.41 Å². The fraction of sp³-hybridized carbons (Fsp3) is 0.800. The molecule has 1 fully saturated rings. The van der Waals surface area contributed by atoms with Crippen LogP contribution in [0.4, 0.5) is 0 Å². The van der Waals surface area contributed by atoms with Crippen LogP contribution in [0.2, 0.25) is 0 Å². The molecular weight excluding hydrogens is 248 g/mol. The number of rotatable bonds is 0. The molecule has 0 amide bonds. The third kappa shape index (κ3) is 0.938. The molecule has 1 aromatic heterocycles. The highest BCUT2D eigenvalue weighted by molar-refractivity contribution is 8.07. The van der Waals surface area contributed by atoms with E-state index in [1.165, 1.54) is 12.8 Å². The van der Waals surface area contributed by atoms with Crippen molar-refractivity contribution >= 4 is 39.4 Å². The van der Waals surface area contributed by atoms with E-state index in [9.17, 15) is 0 Å². The minimum atomic E-state index is 0.485. The van der Waals surface area contributed by atoms with E-state index in [-0.39, 0.29) is 0 Å². The van der Waals surface area contributed by atoms with Gasteiger partial charge in [-0.2, -0.15) is 0 Å². The molecule has 1 saturated carbocycles. The minimum Gasteiger partial charge on any atom is -0.0721 e. The van der Waals surface area contributed by atoms with Crippen LogP contribution in [0.15, 0.2) is 0 Å². The first-order valence-corrected chi connectivity index (χ1v) is 9.81. The van der Waals surface area contributed by atoms with Crippen molar-refractivity contribution < 1.29 is 0 Å². The molecular formula is C10H14S4. The van der Waals surface area contributed by atoms with E-state index < -0.39 is 0 Å². The fourth-order valence-corrected chi connectivity index (χ4v) is 10.8. The smallest absolute Gasteiger partial charge is 0.0367 e. The number of hydrogen-bond donors (Lipinski definition) is 0. The van der Waals surface area contributed by atoms with Crippen LogP contribution in [-0.4, -0.2) is 0 Å². The topological polar surface area (TPSA) is 0 Å². The van der Waals surface area contributed by atoms with Crippen molar-refractivity contribution in [3.8, 4) is 0 Å². The standard InChI is InChI=1S/C10H14S4/c1-9(2)6-4-5-10(9,3)8-7(6)11-13-14-12-8/h6H,4-5H2,1-3H3. The molecule has 1 aromatic rings. The van der Waals surface area contributed by atoms with Gasteiger partial charge in [0.15, 0.2) is 0 Å². The molecule has 0 nitrogen and oxygen atoms in total. The van der Waals surface area contributed by atoms with Crippen LogP contribution in [0.1, 0.15) is 49.3 Å². The second-order valence-electron chi connectivity index (χ2n) is 5.14. The van der Waals surface area contributed by atoms with Gasteiger partial charge in [0.05, 0.1) is 0 Å². The quantitative estimate of drug-likeness (QED) is 0.561. The van der Waals surface area contributed by atoms with Gasteiger partial charge in [-0.05, 0) is 36.9 Å². The third-order valence-corrected chi connectivity index (χ3v) is 11.2. The van der Waals surface area contributed by atoms with Gasteiger partial charge in [0.2, 0.25) is 0 Å². The highest BCUT2D eigenvalue weighted by Crippen LogP contribution is 2.69. The lowest BCUT2D eigenvalue weighted by Crippen LogP contribution is -2.30. The van der Waals surface area contributed by atoms with Gasteiger partial charge in [-0.1, -0.05) is 41.5 Å². The lowest BCUT2D eigenvalue weighted by atomic mass is 9.71. The van der Waals surface area contributed by atoms with E-state index in [2.05, 4.69) is 20.8 Å². The molecule has 3 rings (SSSR count). The summed E-state index contributed by atoms with van der Waals surface area (Å²) >= 11 is 0. The summed E-state index contributed by atoms with van der Waals surface area (Å²) < 4.78 is 0.